The molecular formula is C28H29FN2O5. The molecule has 3 aromatic carbocycles. The quantitative estimate of drug-likeness (QED) is 0.197. The number of hydrogen-bond acceptors (Lipinski definition) is 7. The van der Waals surface area contributed by atoms with Gasteiger partial charge in [-0.25, -0.2) is 4.39 Å². The number of ether oxygens (including phenoxy) is 4. The monoisotopic (exact) mass is 492 g/mol. The Morgan fingerprint density at radius 2 is 1.47 bits per heavy atom. The van der Waals surface area contributed by atoms with Gasteiger partial charge in [0.1, 0.15) is 0 Å². The van der Waals surface area contributed by atoms with Crippen LogP contribution in [-0.2, 0) is 0 Å². The zero-order valence-electron chi connectivity index (χ0n) is 20.8. The van der Waals surface area contributed by atoms with Gasteiger partial charge in [0.05, 0.1) is 28.4 Å². The van der Waals surface area contributed by atoms with Crippen molar-refractivity contribution < 1.29 is 28.1 Å². The summed E-state index contributed by atoms with van der Waals surface area (Å²) in [4.78, 5) is 12.5. The molecule has 0 amide bonds. The Bertz CT molecular complexity index is 1240. The second-order valence-electron chi connectivity index (χ2n) is 7.54. The minimum Gasteiger partial charge on any atom is -0.494 e. The van der Waals surface area contributed by atoms with Crippen LogP contribution >= 0.6 is 0 Å². The highest BCUT2D eigenvalue weighted by Gasteiger charge is 2.13. The number of rotatable bonds is 11. The van der Waals surface area contributed by atoms with Crippen LogP contribution in [0.5, 0.6) is 23.0 Å². The fourth-order valence-corrected chi connectivity index (χ4v) is 3.48. The summed E-state index contributed by atoms with van der Waals surface area (Å²) in [6, 6.07) is 13.6. The van der Waals surface area contributed by atoms with Crippen molar-refractivity contribution in [2.75, 3.05) is 46.1 Å². The summed E-state index contributed by atoms with van der Waals surface area (Å²) in [6.07, 6.45) is 6.45. The van der Waals surface area contributed by atoms with Crippen LogP contribution in [-0.4, -0.2) is 41.3 Å². The van der Waals surface area contributed by atoms with Crippen LogP contribution in [0.1, 0.15) is 21.5 Å². The first-order chi connectivity index (χ1) is 17.4. The normalized spacial score (nSPS) is 10.9. The van der Waals surface area contributed by atoms with Crippen molar-refractivity contribution >= 4 is 29.3 Å². The van der Waals surface area contributed by atoms with Crippen molar-refractivity contribution in [3.8, 4) is 23.0 Å². The molecule has 0 unspecified atom stereocenters. The van der Waals surface area contributed by atoms with Gasteiger partial charge in [-0.2, -0.15) is 0 Å². The summed E-state index contributed by atoms with van der Waals surface area (Å²) in [7, 11) is 7.80. The SMILES string of the molecule is CNc1ccc(C(=O)/C=C\Nc2cc(OC)c(F)cc2/C=C\c2cc(OC)c(OC)c(OC)c2)cc1. The molecule has 0 heterocycles. The summed E-state index contributed by atoms with van der Waals surface area (Å²) < 4.78 is 35.8. The van der Waals surface area contributed by atoms with Gasteiger partial charge in [-0.3, -0.25) is 4.79 Å². The van der Waals surface area contributed by atoms with Crippen molar-refractivity contribution in [2.45, 2.75) is 0 Å². The first-order valence-electron chi connectivity index (χ1n) is 11.0. The van der Waals surface area contributed by atoms with Crippen LogP contribution in [0, 0.1) is 5.82 Å². The van der Waals surface area contributed by atoms with Crippen LogP contribution in [0.15, 0.2) is 60.8 Å². The van der Waals surface area contributed by atoms with E-state index in [-0.39, 0.29) is 11.5 Å². The Labute approximate surface area is 210 Å². The standard InChI is InChI=1S/C28H29FN2O5/c1-30-21-10-8-19(9-11-21)24(32)12-13-31-23-17-25(33-2)22(29)16-20(23)7-6-18-14-26(34-3)28(36-5)27(15-18)35-4/h6-17,30-31H,1-5H3/b7-6-,13-12-. The van der Waals surface area contributed by atoms with Gasteiger partial charge in [0.2, 0.25) is 5.75 Å². The molecule has 0 bridgehead atoms. The molecule has 36 heavy (non-hydrogen) atoms. The fraction of sp³-hybridized carbons (Fsp3) is 0.179. The number of allylic oxidation sites excluding steroid dienone is 1. The molecule has 0 saturated heterocycles. The van der Waals surface area contributed by atoms with Crippen LogP contribution in [0.3, 0.4) is 0 Å². The van der Waals surface area contributed by atoms with Crippen LogP contribution in [0.4, 0.5) is 15.8 Å². The number of hydrogen-bond donors (Lipinski definition) is 2. The van der Waals surface area contributed by atoms with Crippen molar-refractivity contribution in [2.24, 2.45) is 0 Å². The van der Waals surface area contributed by atoms with Gasteiger partial charge in [0.25, 0.3) is 0 Å². The lowest BCUT2D eigenvalue weighted by atomic mass is 10.1. The highest BCUT2D eigenvalue weighted by molar-refractivity contribution is 6.04. The van der Waals surface area contributed by atoms with E-state index in [0.717, 1.165) is 11.3 Å². The molecule has 0 fully saturated rings. The summed E-state index contributed by atoms with van der Waals surface area (Å²) in [5, 5.41) is 6.07. The van der Waals surface area contributed by atoms with Gasteiger partial charge < -0.3 is 29.6 Å². The highest BCUT2D eigenvalue weighted by Crippen LogP contribution is 2.39. The number of carbonyl (C=O) groups is 1. The maximum absolute atomic E-state index is 14.5. The Kier molecular flexibility index (Phi) is 8.94. The number of benzene rings is 3. The van der Waals surface area contributed by atoms with E-state index >= 15 is 0 Å². The average molecular weight is 493 g/mol. The molecule has 2 N–H and O–H groups in total. The van der Waals surface area contributed by atoms with E-state index in [0.29, 0.717) is 34.1 Å². The van der Waals surface area contributed by atoms with E-state index in [9.17, 15) is 9.18 Å². The lowest BCUT2D eigenvalue weighted by Crippen LogP contribution is -1.99. The van der Waals surface area contributed by atoms with E-state index in [1.165, 1.54) is 52.8 Å². The Morgan fingerprint density at radius 3 is 2.03 bits per heavy atom. The van der Waals surface area contributed by atoms with Gasteiger partial charge in [0.15, 0.2) is 28.8 Å². The molecule has 188 valence electrons. The molecule has 7 nitrogen and oxygen atoms in total. The smallest absolute Gasteiger partial charge is 0.203 e. The zero-order valence-corrected chi connectivity index (χ0v) is 20.8. The molecule has 0 aliphatic rings. The fourth-order valence-electron chi connectivity index (χ4n) is 3.48. The van der Waals surface area contributed by atoms with Gasteiger partial charge in [-0.05, 0) is 48.0 Å². The van der Waals surface area contributed by atoms with Gasteiger partial charge in [-0.15, -0.1) is 0 Å². The molecule has 0 aliphatic carbocycles. The van der Waals surface area contributed by atoms with Gasteiger partial charge in [0, 0.05) is 47.9 Å². The van der Waals surface area contributed by atoms with E-state index in [1.807, 2.05) is 19.2 Å². The molecule has 0 radical (unpaired) electrons. The van der Waals surface area contributed by atoms with Gasteiger partial charge in [-0.1, -0.05) is 12.2 Å². The third-order valence-corrected chi connectivity index (χ3v) is 5.40. The number of carbonyl (C=O) groups excluding carboxylic acids is 1. The van der Waals surface area contributed by atoms with Crippen LogP contribution in [0.25, 0.3) is 12.2 Å². The minimum atomic E-state index is -0.516. The molecule has 0 atom stereocenters. The predicted octanol–water partition coefficient (Wildman–Crippen LogP) is 5.88. The molecule has 0 saturated carbocycles. The summed E-state index contributed by atoms with van der Waals surface area (Å²) in [5.74, 6) is 0.862. The first kappa shape index (κ1) is 26.2. The Hall–Kier alpha value is -4.46. The van der Waals surface area contributed by atoms with Gasteiger partial charge >= 0.3 is 0 Å². The minimum absolute atomic E-state index is 0.0739. The Morgan fingerprint density at radius 1 is 0.833 bits per heavy atom. The first-order valence-corrected chi connectivity index (χ1v) is 11.0. The van der Waals surface area contributed by atoms with Crippen molar-refractivity contribution in [1.29, 1.82) is 0 Å². The number of halogens is 1. The van der Waals surface area contributed by atoms with Crippen molar-refractivity contribution in [3.05, 3.63) is 83.3 Å². The number of anilines is 2. The lowest BCUT2D eigenvalue weighted by Gasteiger charge is -2.13. The van der Waals surface area contributed by atoms with E-state index in [4.69, 9.17) is 18.9 Å². The summed E-state index contributed by atoms with van der Waals surface area (Å²) in [6.45, 7) is 0. The molecule has 0 spiro atoms. The molecule has 3 rings (SSSR count). The second kappa shape index (κ2) is 12.3. The van der Waals surface area contributed by atoms with E-state index in [1.54, 1.807) is 36.4 Å². The molecule has 3 aromatic rings. The highest BCUT2D eigenvalue weighted by atomic mass is 19.1. The Balaban J connectivity index is 1.88. The molecular weight excluding hydrogens is 463 g/mol. The number of methoxy groups -OCH3 is 4. The topological polar surface area (TPSA) is 78.1 Å². The van der Waals surface area contributed by atoms with Crippen molar-refractivity contribution in [1.82, 2.24) is 0 Å². The number of ketones is 1. The largest absolute Gasteiger partial charge is 0.494 e. The molecule has 8 heteroatoms. The van der Waals surface area contributed by atoms with E-state index < -0.39 is 5.82 Å². The number of nitrogens with one attached hydrogen (secondary N) is 2. The lowest BCUT2D eigenvalue weighted by molar-refractivity contribution is 0.104. The van der Waals surface area contributed by atoms with Crippen molar-refractivity contribution in [3.63, 3.8) is 0 Å². The third kappa shape index (κ3) is 6.15. The maximum Gasteiger partial charge on any atom is 0.203 e. The molecule has 0 aliphatic heterocycles. The van der Waals surface area contributed by atoms with Crippen LogP contribution in [0.2, 0.25) is 0 Å². The average Bonchev–Trinajstić information content (AvgIpc) is 2.91. The van der Waals surface area contributed by atoms with E-state index in [2.05, 4.69) is 10.6 Å². The predicted molar refractivity (Wildman–Crippen MR) is 141 cm³/mol. The van der Waals surface area contributed by atoms with Crippen LogP contribution < -0.4 is 29.6 Å². The maximum atomic E-state index is 14.5. The third-order valence-electron chi connectivity index (χ3n) is 5.40. The summed E-state index contributed by atoms with van der Waals surface area (Å²) in [5.41, 5.74) is 3.30. The molecule has 0 aromatic heterocycles. The second-order valence-corrected chi connectivity index (χ2v) is 7.54. The zero-order chi connectivity index (χ0) is 26.1. The summed E-state index contributed by atoms with van der Waals surface area (Å²) >= 11 is 0.